The molecule has 2 heterocycles. The van der Waals surface area contributed by atoms with Crippen LogP contribution in [0.2, 0.25) is 0 Å². The average molecular weight is 751 g/mol. The molecule has 0 aliphatic heterocycles. The smallest absolute Gasteiger partial charge is 0.163 e. The lowest BCUT2D eigenvalue weighted by Gasteiger charge is -2.35. The molecule has 2 aliphatic rings. The standard InChI is InChI=1S/C55H34N4/c1-3-15-35(16-4-1)51-32-52(59-54(58-51)40-33-56-53(57-34-40)36-17-5-2-6-18-36)39-27-28-45-42-22-10-9-21-41(42)43-23-11-13-25-47(43)55(49(45)31-39)48-26-14-12-24-44(48)46-29-37-19-7-8-20-38(37)30-50(46)55/h1-34H. The number of fused-ring (bicyclic) bond motifs is 13. The second-order valence-corrected chi connectivity index (χ2v) is 15.4. The molecule has 1 unspecified atom stereocenters. The van der Waals surface area contributed by atoms with Gasteiger partial charge in [-0.2, -0.15) is 0 Å². The number of rotatable bonds is 4. The summed E-state index contributed by atoms with van der Waals surface area (Å²) in [5.41, 5.74) is 17.3. The van der Waals surface area contributed by atoms with E-state index < -0.39 is 5.41 Å². The van der Waals surface area contributed by atoms with Crippen LogP contribution in [-0.4, -0.2) is 19.9 Å². The SMILES string of the molecule is c1ccc(-c2cc(-c3ccc4c(c3)C3(c5ccccc5-c5ccccc5-4)c4ccccc4-c4cc5ccccc5cc43)nc(-c3cnc(-c4ccccc4)nc3)n2)cc1. The molecule has 0 bridgehead atoms. The summed E-state index contributed by atoms with van der Waals surface area (Å²) < 4.78 is 0. The van der Waals surface area contributed by atoms with Crippen molar-refractivity contribution in [3.05, 3.63) is 229 Å². The predicted molar refractivity (Wildman–Crippen MR) is 239 cm³/mol. The first-order chi connectivity index (χ1) is 29.2. The lowest BCUT2D eigenvalue weighted by Crippen LogP contribution is -2.29. The summed E-state index contributed by atoms with van der Waals surface area (Å²) in [5.74, 6) is 1.24. The molecule has 1 spiro atoms. The van der Waals surface area contributed by atoms with E-state index in [-0.39, 0.29) is 0 Å². The lowest BCUT2D eigenvalue weighted by molar-refractivity contribution is 0.777. The maximum Gasteiger partial charge on any atom is 0.163 e. The number of hydrogen-bond donors (Lipinski definition) is 0. The van der Waals surface area contributed by atoms with Crippen molar-refractivity contribution in [2.45, 2.75) is 5.41 Å². The molecule has 0 saturated carbocycles. The van der Waals surface area contributed by atoms with Gasteiger partial charge in [0.15, 0.2) is 11.6 Å². The van der Waals surface area contributed by atoms with Crippen LogP contribution in [0, 0.1) is 0 Å². The summed E-state index contributed by atoms with van der Waals surface area (Å²) in [6.45, 7) is 0. The normalized spacial score (nSPS) is 14.5. The van der Waals surface area contributed by atoms with Gasteiger partial charge >= 0.3 is 0 Å². The molecule has 10 aromatic rings. The van der Waals surface area contributed by atoms with Gasteiger partial charge in [-0.15, -0.1) is 0 Å². The van der Waals surface area contributed by atoms with Crippen molar-refractivity contribution in [1.29, 1.82) is 0 Å². The minimum absolute atomic E-state index is 0.573. The fourth-order valence-corrected chi connectivity index (χ4v) is 9.60. The van der Waals surface area contributed by atoms with Gasteiger partial charge in [-0.05, 0) is 90.7 Å². The minimum Gasteiger partial charge on any atom is -0.236 e. The van der Waals surface area contributed by atoms with Crippen molar-refractivity contribution in [2.24, 2.45) is 0 Å². The molecule has 8 aromatic carbocycles. The lowest BCUT2D eigenvalue weighted by atomic mass is 9.65. The quantitative estimate of drug-likeness (QED) is 0.180. The van der Waals surface area contributed by atoms with Crippen molar-refractivity contribution in [2.75, 3.05) is 0 Å². The first-order valence-corrected chi connectivity index (χ1v) is 20.0. The van der Waals surface area contributed by atoms with E-state index in [1.54, 1.807) is 0 Å². The van der Waals surface area contributed by atoms with Crippen molar-refractivity contribution in [1.82, 2.24) is 19.9 Å². The Hall–Kier alpha value is -7.82. The van der Waals surface area contributed by atoms with Crippen molar-refractivity contribution < 1.29 is 0 Å². The highest BCUT2D eigenvalue weighted by molar-refractivity contribution is 6.01. The molecule has 274 valence electrons. The zero-order chi connectivity index (χ0) is 38.9. The second-order valence-electron chi connectivity index (χ2n) is 15.4. The Labute approximate surface area is 342 Å². The van der Waals surface area contributed by atoms with Crippen molar-refractivity contribution in [3.8, 4) is 78.7 Å². The number of benzene rings is 8. The summed E-state index contributed by atoms with van der Waals surface area (Å²) in [6, 6.07) is 70.0. The van der Waals surface area contributed by atoms with Gasteiger partial charge in [0, 0.05) is 29.1 Å². The molecule has 4 heteroatoms. The van der Waals surface area contributed by atoms with Crippen LogP contribution < -0.4 is 0 Å². The third kappa shape index (κ3) is 5.10. The molecule has 12 rings (SSSR count). The Balaban J connectivity index is 1.15. The monoisotopic (exact) mass is 750 g/mol. The molecular weight excluding hydrogens is 717 g/mol. The highest BCUT2D eigenvalue weighted by atomic mass is 14.9. The van der Waals surface area contributed by atoms with E-state index in [9.17, 15) is 0 Å². The summed E-state index contributed by atoms with van der Waals surface area (Å²) in [5, 5.41) is 2.46. The number of nitrogens with zero attached hydrogens (tertiary/aromatic N) is 4. The third-order valence-electron chi connectivity index (χ3n) is 12.2. The second kappa shape index (κ2) is 13.1. The Bertz CT molecular complexity index is 3270. The van der Waals surface area contributed by atoms with E-state index in [1.165, 1.54) is 66.4 Å². The van der Waals surface area contributed by atoms with Gasteiger partial charge in [0.25, 0.3) is 0 Å². The van der Waals surface area contributed by atoms with E-state index in [1.807, 2.05) is 60.9 Å². The molecule has 59 heavy (non-hydrogen) atoms. The summed E-state index contributed by atoms with van der Waals surface area (Å²) >= 11 is 0. The summed E-state index contributed by atoms with van der Waals surface area (Å²) in [4.78, 5) is 20.0. The first-order valence-electron chi connectivity index (χ1n) is 20.0. The van der Waals surface area contributed by atoms with E-state index in [0.29, 0.717) is 11.6 Å². The molecule has 2 aliphatic carbocycles. The van der Waals surface area contributed by atoms with Crippen LogP contribution in [-0.2, 0) is 5.41 Å². The highest BCUT2D eigenvalue weighted by Crippen LogP contribution is 2.62. The molecule has 0 amide bonds. The molecule has 1 atom stereocenters. The zero-order valence-electron chi connectivity index (χ0n) is 31.9. The van der Waals surface area contributed by atoms with Crippen LogP contribution in [0.4, 0.5) is 0 Å². The largest absolute Gasteiger partial charge is 0.236 e. The summed E-state index contributed by atoms with van der Waals surface area (Å²) in [7, 11) is 0. The fraction of sp³-hybridized carbons (Fsp3) is 0.0182. The van der Waals surface area contributed by atoms with Gasteiger partial charge in [0.05, 0.1) is 22.4 Å². The fourth-order valence-electron chi connectivity index (χ4n) is 9.60. The Morgan fingerprint density at radius 3 is 1.44 bits per heavy atom. The predicted octanol–water partition coefficient (Wildman–Crippen LogP) is 13.1. The maximum atomic E-state index is 5.32. The van der Waals surface area contributed by atoms with Gasteiger partial charge in [-0.3, -0.25) is 0 Å². The van der Waals surface area contributed by atoms with Crippen LogP contribution in [0.25, 0.3) is 89.4 Å². The van der Waals surface area contributed by atoms with Crippen molar-refractivity contribution in [3.63, 3.8) is 0 Å². The molecule has 0 saturated heterocycles. The molecule has 0 fully saturated rings. The van der Waals surface area contributed by atoms with Gasteiger partial charge in [-0.1, -0.05) is 170 Å². The van der Waals surface area contributed by atoms with E-state index in [2.05, 4.69) is 146 Å². The molecular formula is C55H34N4. The van der Waals surface area contributed by atoms with Crippen LogP contribution >= 0.6 is 0 Å². The molecule has 4 nitrogen and oxygen atoms in total. The first kappa shape index (κ1) is 33.3. The van der Waals surface area contributed by atoms with E-state index >= 15 is 0 Å². The highest BCUT2D eigenvalue weighted by Gasteiger charge is 2.50. The van der Waals surface area contributed by atoms with Crippen LogP contribution in [0.5, 0.6) is 0 Å². The van der Waals surface area contributed by atoms with Crippen LogP contribution in [0.1, 0.15) is 22.3 Å². The topological polar surface area (TPSA) is 51.6 Å². The Morgan fingerprint density at radius 1 is 0.288 bits per heavy atom. The van der Waals surface area contributed by atoms with Crippen LogP contribution in [0.3, 0.4) is 0 Å². The maximum absolute atomic E-state index is 5.32. The average Bonchev–Trinajstić information content (AvgIpc) is 3.54. The minimum atomic E-state index is -0.629. The third-order valence-corrected chi connectivity index (χ3v) is 12.2. The van der Waals surface area contributed by atoms with Crippen LogP contribution in [0.15, 0.2) is 207 Å². The number of hydrogen-bond acceptors (Lipinski definition) is 4. The Morgan fingerprint density at radius 2 is 0.780 bits per heavy atom. The van der Waals surface area contributed by atoms with Gasteiger partial charge in [0.1, 0.15) is 0 Å². The molecule has 0 radical (unpaired) electrons. The van der Waals surface area contributed by atoms with Gasteiger partial charge in [-0.25, -0.2) is 19.9 Å². The zero-order valence-corrected chi connectivity index (χ0v) is 31.9. The molecule has 2 aromatic heterocycles. The molecule has 0 N–H and O–H groups in total. The number of aromatic nitrogens is 4. The van der Waals surface area contributed by atoms with Crippen molar-refractivity contribution >= 4 is 10.8 Å². The summed E-state index contributed by atoms with van der Waals surface area (Å²) in [6.07, 6.45) is 3.67. The van der Waals surface area contributed by atoms with Gasteiger partial charge < -0.3 is 0 Å². The van der Waals surface area contributed by atoms with E-state index in [4.69, 9.17) is 19.9 Å². The Kier molecular flexibility index (Phi) is 7.41. The van der Waals surface area contributed by atoms with Gasteiger partial charge in [0.2, 0.25) is 0 Å². The van der Waals surface area contributed by atoms with E-state index in [0.717, 1.165) is 33.6 Å².